The van der Waals surface area contributed by atoms with Gasteiger partial charge in [0.1, 0.15) is 23.4 Å². The number of aromatic hydroxyl groups is 1. The molecule has 1 rings (SSSR count). The van der Waals surface area contributed by atoms with Crippen LogP contribution >= 0.6 is 12.6 Å². The van der Waals surface area contributed by atoms with E-state index in [-0.39, 0.29) is 17.4 Å². The minimum absolute atomic E-state index is 0.0101. The van der Waals surface area contributed by atoms with Crippen LogP contribution in [0.4, 0.5) is 4.79 Å². The van der Waals surface area contributed by atoms with E-state index in [0.717, 1.165) is 51.4 Å². The zero-order chi connectivity index (χ0) is 28.6. The number of phenolic OH excluding ortho intramolecular Hbond substituents is 1. The van der Waals surface area contributed by atoms with Crippen LogP contribution in [0.3, 0.4) is 0 Å². The average Bonchev–Trinajstić information content (AvgIpc) is 2.85. The molecule has 0 bridgehead atoms. The molecular formula is C29H49N3O5S. The highest BCUT2D eigenvalue weighted by atomic mass is 32.1. The normalized spacial score (nSPS) is 12.9. The van der Waals surface area contributed by atoms with Gasteiger partial charge in [-0.3, -0.25) is 9.59 Å². The van der Waals surface area contributed by atoms with Crippen molar-refractivity contribution in [3.05, 3.63) is 29.8 Å². The van der Waals surface area contributed by atoms with Crippen LogP contribution in [0.15, 0.2) is 24.3 Å². The topological polar surface area (TPSA) is 108 Å². The lowest BCUT2D eigenvalue weighted by Crippen LogP contribution is -2.54. The molecule has 0 aliphatic rings. The van der Waals surface area contributed by atoms with E-state index in [1.54, 1.807) is 32.9 Å². The molecule has 2 atom stereocenters. The standard InChI is InChI=1S/C29H49N3O5S/c1-6-8-10-11-12-14-19-32(27(35)24(21-38)31-28(36)37-29(3,4)5)25(22-16-15-17-23(33)20-22)26(34)30-18-13-9-7-2/h15-17,20,24-25,33,38H,6-14,18-19,21H2,1-5H3,(H,30,34)(H,31,36). The van der Waals surface area contributed by atoms with Gasteiger partial charge in [-0.2, -0.15) is 12.6 Å². The number of rotatable bonds is 17. The molecule has 2 unspecified atom stereocenters. The van der Waals surface area contributed by atoms with Crippen molar-refractivity contribution in [2.24, 2.45) is 0 Å². The second-order valence-electron chi connectivity index (χ2n) is 10.7. The average molecular weight is 552 g/mol. The van der Waals surface area contributed by atoms with Gasteiger partial charge < -0.3 is 25.4 Å². The molecule has 0 saturated carbocycles. The third kappa shape index (κ3) is 12.9. The molecule has 0 spiro atoms. The van der Waals surface area contributed by atoms with Gasteiger partial charge in [0.2, 0.25) is 11.8 Å². The third-order valence-corrected chi connectivity index (χ3v) is 6.40. The summed E-state index contributed by atoms with van der Waals surface area (Å²) in [6.45, 7) is 10.3. The minimum atomic E-state index is -0.985. The van der Waals surface area contributed by atoms with Crippen LogP contribution in [-0.4, -0.2) is 58.4 Å². The van der Waals surface area contributed by atoms with Crippen LogP contribution < -0.4 is 10.6 Å². The number of hydrogen-bond donors (Lipinski definition) is 4. The Morgan fingerprint density at radius 3 is 2.24 bits per heavy atom. The number of alkyl carbamates (subject to hydrolysis) is 1. The monoisotopic (exact) mass is 551 g/mol. The quantitative estimate of drug-likeness (QED) is 0.146. The molecule has 1 aromatic carbocycles. The van der Waals surface area contributed by atoms with Crippen molar-refractivity contribution >= 4 is 30.5 Å². The molecular weight excluding hydrogens is 502 g/mol. The molecule has 1 aromatic rings. The van der Waals surface area contributed by atoms with Crippen LogP contribution in [0.5, 0.6) is 5.75 Å². The summed E-state index contributed by atoms with van der Waals surface area (Å²) in [5, 5.41) is 15.8. The first-order chi connectivity index (χ1) is 18.0. The Kier molecular flexibility index (Phi) is 15.9. The molecule has 0 heterocycles. The Bertz CT molecular complexity index is 859. The van der Waals surface area contributed by atoms with Gasteiger partial charge in [-0.05, 0) is 51.3 Å². The maximum Gasteiger partial charge on any atom is 0.408 e. The van der Waals surface area contributed by atoms with Crippen LogP contribution in [-0.2, 0) is 14.3 Å². The summed E-state index contributed by atoms with van der Waals surface area (Å²) in [6, 6.07) is 4.48. The number of carbonyl (C=O) groups is 3. The highest BCUT2D eigenvalue weighted by molar-refractivity contribution is 7.80. The number of nitrogens with one attached hydrogen (secondary N) is 2. The molecule has 0 fully saturated rings. The second kappa shape index (κ2) is 18.0. The van der Waals surface area contributed by atoms with Crippen molar-refractivity contribution in [3.63, 3.8) is 0 Å². The number of ether oxygens (including phenoxy) is 1. The first-order valence-corrected chi connectivity index (χ1v) is 14.6. The number of nitrogens with zero attached hydrogens (tertiary/aromatic N) is 1. The molecule has 0 saturated heterocycles. The second-order valence-corrected chi connectivity index (χ2v) is 11.0. The van der Waals surface area contributed by atoms with Gasteiger partial charge in [0.15, 0.2) is 0 Å². The van der Waals surface area contributed by atoms with E-state index in [0.29, 0.717) is 25.1 Å². The summed E-state index contributed by atoms with van der Waals surface area (Å²) in [6.07, 6.45) is 8.22. The van der Waals surface area contributed by atoms with Crippen LogP contribution in [0, 0.1) is 0 Å². The van der Waals surface area contributed by atoms with Crippen LogP contribution in [0.25, 0.3) is 0 Å². The lowest BCUT2D eigenvalue weighted by Gasteiger charge is -2.34. The van der Waals surface area contributed by atoms with E-state index in [4.69, 9.17) is 4.74 Å². The number of unbranched alkanes of at least 4 members (excludes halogenated alkanes) is 7. The summed E-state index contributed by atoms with van der Waals surface area (Å²) in [5.74, 6) is -0.691. The Morgan fingerprint density at radius 2 is 1.63 bits per heavy atom. The highest BCUT2D eigenvalue weighted by Crippen LogP contribution is 2.26. The lowest BCUT2D eigenvalue weighted by atomic mass is 10.0. The third-order valence-electron chi connectivity index (χ3n) is 6.03. The molecule has 216 valence electrons. The van der Waals surface area contributed by atoms with Crippen molar-refractivity contribution in [2.45, 2.75) is 110 Å². The Balaban J connectivity index is 3.28. The minimum Gasteiger partial charge on any atom is -0.508 e. The zero-order valence-corrected chi connectivity index (χ0v) is 24.8. The predicted molar refractivity (Wildman–Crippen MR) is 155 cm³/mol. The largest absolute Gasteiger partial charge is 0.508 e. The van der Waals surface area contributed by atoms with E-state index in [1.165, 1.54) is 17.0 Å². The number of phenols is 1. The maximum absolute atomic E-state index is 13.9. The van der Waals surface area contributed by atoms with Gasteiger partial charge in [0.25, 0.3) is 0 Å². The Labute approximate surface area is 234 Å². The molecule has 0 aliphatic carbocycles. The molecule has 0 radical (unpaired) electrons. The maximum atomic E-state index is 13.9. The first-order valence-electron chi connectivity index (χ1n) is 14.0. The van der Waals surface area contributed by atoms with Crippen molar-refractivity contribution in [3.8, 4) is 5.75 Å². The van der Waals surface area contributed by atoms with Crippen molar-refractivity contribution in [1.29, 1.82) is 0 Å². The fourth-order valence-corrected chi connectivity index (χ4v) is 4.36. The predicted octanol–water partition coefficient (Wildman–Crippen LogP) is 5.75. The number of hydrogen-bond acceptors (Lipinski definition) is 6. The first kappa shape index (κ1) is 33.6. The summed E-state index contributed by atoms with van der Waals surface area (Å²) in [5.41, 5.74) is -0.220. The number of amides is 3. The molecule has 9 heteroatoms. The van der Waals surface area contributed by atoms with E-state index < -0.39 is 29.7 Å². The molecule has 0 aromatic heterocycles. The van der Waals surface area contributed by atoms with Crippen molar-refractivity contribution in [1.82, 2.24) is 15.5 Å². The zero-order valence-electron chi connectivity index (χ0n) is 23.9. The SMILES string of the molecule is CCCCCCCCN(C(=O)C(CS)NC(=O)OC(C)(C)C)C(C(=O)NCCCCC)c1cccc(O)c1. The summed E-state index contributed by atoms with van der Waals surface area (Å²) >= 11 is 4.33. The van der Waals surface area contributed by atoms with Gasteiger partial charge in [0.05, 0.1) is 0 Å². The number of carbonyl (C=O) groups excluding carboxylic acids is 3. The highest BCUT2D eigenvalue weighted by Gasteiger charge is 2.35. The summed E-state index contributed by atoms with van der Waals surface area (Å²) in [7, 11) is 0. The summed E-state index contributed by atoms with van der Waals surface area (Å²) < 4.78 is 5.35. The summed E-state index contributed by atoms with van der Waals surface area (Å²) in [4.78, 5) is 41.4. The van der Waals surface area contributed by atoms with E-state index in [1.807, 2.05) is 0 Å². The van der Waals surface area contributed by atoms with Crippen LogP contribution in [0.1, 0.15) is 104 Å². The van der Waals surface area contributed by atoms with Gasteiger partial charge in [-0.25, -0.2) is 4.79 Å². The fraction of sp³-hybridized carbons (Fsp3) is 0.690. The molecule has 8 nitrogen and oxygen atoms in total. The smallest absolute Gasteiger partial charge is 0.408 e. The van der Waals surface area contributed by atoms with Gasteiger partial charge in [-0.15, -0.1) is 0 Å². The van der Waals surface area contributed by atoms with E-state index in [9.17, 15) is 19.5 Å². The van der Waals surface area contributed by atoms with Gasteiger partial charge in [0, 0.05) is 18.8 Å². The van der Waals surface area contributed by atoms with E-state index >= 15 is 0 Å². The molecule has 38 heavy (non-hydrogen) atoms. The Hall–Kier alpha value is -2.42. The van der Waals surface area contributed by atoms with Crippen LogP contribution in [0.2, 0.25) is 0 Å². The van der Waals surface area contributed by atoms with Gasteiger partial charge >= 0.3 is 6.09 Å². The fourth-order valence-electron chi connectivity index (χ4n) is 4.12. The number of thiol groups is 1. The Morgan fingerprint density at radius 1 is 1.00 bits per heavy atom. The molecule has 3 amide bonds. The van der Waals surface area contributed by atoms with Gasteiger partial charge in [-0.1, -0.05) is 70.9 Å². The van der Waals surface area contributed by atoms with Crippen molar-refractivity contribution < 1.29 is 24.2 Å². The van der Waals surface area contributed by atoms with E-state index in [2.05, 4.69) is 37.1 Å². The molecule has 0 aliphatic heterocycles. The lowest BCUT2D eigenvalue weighted by molar-refractivity contribution is -0.142. The van der Waals surface area contributed by atoms with Crippen molar-refractivity contribution in [2.75, 3.05) is 18.8 Å². The number of benzene rings is 1. The molecule has 3 N–H and O–H groups in total.